The highest BCUT2D eigenvalue weighted by Crippen LogP contribution is 2.43. The molecule has 1 aliphatic heterocycles. The van der Waals surface area contributed by atoms with Gasteiger partial charge in [0.15, 0.2) is 0 Å². The van der Waals surface area contributed by atoms with Crippen molar-refractivity contribution in [2.45, 2.75) is 12.2 Å². The summed E-state index contributed by atoms with van der Waals surface area (Å²) < 4.78 is 39.8. The second-order valence-corrected chi connectivity index (χ2v) is 7.17. The number of Topliss-reactive ketones (excluding diaryl/α,β-unsaturated/α-hetero) is 1. The van der Waals surface area contributed by atoms with Crippen molar-refractivity contribution in [3.05, 3.63) is 101 Å². The lowest BCUT2D eigenvalue weighted by Gasteiger charge is -2.26. The SMILES string of the molecule is O=C1C(=O)N(c2cccc(C(F)(F)F)c2)C(c2ccc(O)cc2)/C1=C(\O)c1ccccc1. The van der Waals surface area contributed by atoms with E-state index in [9.17, 15) is 33.0 Å². The molecule has 5 nitrogen and oxygen atoms in total. The quantitative estimate of drug-likeness (QED) is 0.341. The van der Waals surface area contributed by atoms with Crippen LogP contribution in [-0.4, -0.2) is 21.9 Å². The van der Waals surface area contributed by atoms with Gasteiger partial charge in [-0.25, -0.2) is 0 Å². The number of aliphatic hydroxyl groups excluding tert-OH is 1. The maximum absolute atomic E-state index is 13.3. The second-order valence-electron chi connectivity index (χ2n) is 7.17. The Balaban J connectivity index is 1.94. The molecule has 0 bridgehead atoms. The smallest absolute Gasteiger partial charge is 0.416 e. The fourth-order valence-electron chi connectivity index (χ4n) is 3.65. The summed E-state index contributed by atoms with van der Waals surface area (Å²) in [5, 5.41) is 20.5. The number of amides is 1. The maximum Gasteiger partial charge on any atom is 0.416 e. The molecular weight excluding hydrogens is 423 g/mol. The van der Waals surface area contributed by atoms with E-state index in [1.807, 2.05) is 0 Å². The van der Waals surface area contributed by atoms with Gasteiger partial charge < -0.3 is 10.2 Å². The highest BCUT2D eigenvalue weighted by atomic mass is 19.4. The highest BCUT2D eigenvalue weighted by Gasteiger charge is 2.47. The molecule has 1 unspecified atom stereocenters. The first-order valence-corrected chi connectivity index (χ1v) is 9.51. The first-order chi connectivity index (χ1) is 15.2. The number of phenolic OH excluding ortho intramolecular Hbond substituents is 1. The zero-order valence-corrected chi connectivity index (χ0v) is 16.4. The normalized spacial score (nSPS) is 18.2. The van der Waals surface area contributed by atoms with Gasteiger partial charge in [0.2, 0.25) is 0 Å². The summed E-state index contributed by atoms with van der Waals surface area (Å²) in [6.07, 6.45) is -4.65. The molecule has 0 aromatic heterocycles. The van der Waals surface area contributed by atoms with Crippen molar-refractivity contribution in [3.63, 3.8) is 0 Å². The average molecular weight is 439 g/mol. The summed E-state index contributed by atoms with van der Waals surface area (Å²) in [6.45, 7) is 0. The third-order valence-corrected chi connectivity index (χ3v) is 5.15. The number of carbonyl (C=O) groups is 2. The van der Waals surface area contributed by atoms with Crippen molar-refractivity contribution in [2.24, 2.45) is 0 Å². The third-order valence-electron chi connectivity index (χ3n) is 5.15. The fraction of sp³-hybridized carbons (Fsp3) is 0.0833. The Labute approximate surface area is 180 Å². The Morgan fingerprint density at radius 2 is 1.53 bits per heavy atom. The van der Waals surface area contributed by atoms with E-state index in [4.69, 9.17) is 0 Å². The minimum atomic E-state index is -4.65. The van der Waals surface area contributed by atoms with E-state index in [1.54, 1.807) is 30.3 Å². The van der Waals surface area contributed by atoms with Crippen LogP contribution in [0.2, 0.25) is 0 Å². The predicted octanol–water partition coefficient (Wildman–Crippen LogP) is 5.04. The molecule has 2 N–H and O–H groups in total. The molecule has 3 aromatic rings. The van der Waals surface area contributed by atoms with Gasteiger partial charge in [-0.15, -0.1) is 0 Å². The van der Waals surface area contributed by atoms with E-state index in [1.165, 1.54) is 30.3 Å². The van der Waals surface area contributed by atoms with Crippen LogP contribution in [0.15, 0.2) is 84.4 Å². The number of benzene rings is 3. The molecule has 0 aliphatic carbocycles. The number of aromatic hydroxyl groups is 1. The van der Waals surface area contributed by atoms with Gasteiger partial charge in [-0.05, 0) is 35.9 Å². The molecule has 8 heteroatoms. The van der Waals surface area contributed by atoms with Crippen LogP contribution < -0.4 is 4.90 Å². The van der Waals surface area contributed by atoms with E-state index in [2.05, 4.69) is 0 Å². The lowest BCUT2D eigenvalue weighted by molar-refractivity contribution is -0.137. The Bertz CT molecular complexity index is 1220. The van der Waals surface area contributed by atoms with E-state index in [0.717, 1.165) is 23.1 Å². The zero-order chi connectivity index (χ0) is 23.0. The minimum Gasteiger partial charge on any atom is -0.508 e. The van der Waals surface area contributed by atoms with Crippen LogP contribution in [0.25, 0.3) is 5.76 Å². The predicted molar refractivity (Wildman–Crippen MR) is 111 cm³/mol. The summed E-state index contributed by atoms with van der Waals surface area (Å²) >= 11 is 0. The first kappa shape index (κ1) is 21.2. The van der Waals surface area contributed by atoms with Gasteiger partial charge in [0, 0.05) is 11.3 Å². The van der Waals surface area contributed by atoms with Gasteiger partial charge in [0.25, 0.3) is 11.7 Å². The Morgan fingerprint density at radius 3 is 2.16 bits per heavy atom. The Kier molecular flexibility index (Phi) is 5.22. The lowest BCUT2D eigenvalue weighted by Crippen LogP contribution is -2.29. The molecule has 32 heavy (non-hydrogen) atoms. The van der Waals surface area contributed by atoms with Crippen LogP contribution in [0, 0.1) is 0 Å². The number of alkyl halides is 3. The van der Waals surface area contributed by atoms with Crippen LogP contribution in [0.3, 0.4) is 0 Å². The van der Waals surface area contributed by atoms with E-state index < -0.39 is 35.2 Å². The molecular formula is C24H16F3NO4. The van der Waals surface area contributed by atoms with Crippen molar-refractivity contribution in [1.29, 1.82) is 0 Å². The Hall–Kier alpha value is -4.07. The summed E-state index contributed by atoms with van der Waals surface area (Å²) in [5.41, 5.74) is -0.781. The number of carbonyl (C=O) groups excluding carboxylic acids is 2. The molecule has 1 aliphatic rings. The molecule has 4 rings (SSSR count). The van der Waals surface area contributed by atoms with Gasteiger partial charge >= 0.3 is 6.18 Å². The number of hydrogen-bond acceptors (Lipinski definition) is 4. The van der Waals surface area contributed by atoms with Crippen molar-refractivity contribution in [3.8, 4) is 5.75 Å². The molecule has 162 valence electrons. The largest absolute Gasteiger partial charge is 0.508 e. The van der Waals surface area contributed by atoms with Gasteiger partial charge in [-0.2, -0.15) is 13.2 Å². The van der Waals surface area contributed by atoms with Gasteiger partial charge in [0.1, 0.15) is 11.5 Å². The minimum absolute atomic E-state index is 0.0761. The number of nitrogens with zero attached hydrogens (tertiary/aromatic N) is 1. The number of ketones is 1. The number of hydrogen-bond donors (Lipinski definition) is 2. The summed E-state index contributed by atoms with van der Waals surface area (Å²) in [6, 6.07) is 16.4. The maximum atomic E-state index is 13.3. The van der Waals surface area contributed by atoms with Crippen LogP contribution in [-0.2, 0) is 15.8 Å². The number of phenols is 1. The highest BCUT2D eigenvalue weighted by molar-refractivity contribution is 6.51. The molecule has 0 saturated carbocycles. The van der Waals surface area contributed by atoms with Crippen LogP contribution >= 0.6 is 0 Å². The summed E-state index contributed by atoms with van der Waals surface area (Å²) in [5.74, 6) is -2.62. The van der Waals surface area contributed by atoms with E-state index >= 15 is 0 Å². The molecule has 1 atom stereocenters. The number of halogens is 3. The zero-order valence-electron chi connectivity index (χ0n) is 16.4. The first-order valence-electron chi connectivity index (χ1n) is 9.51. The molecule has 1 saturated heterocycles. The monoisotopic (exact) mass is 439 g/mol. The van der Waals surface area contributed by atoms with Crippen LogP contribution in [0.4, 0.5) is 18.9 Å². The molecule has 0 radical (unpaired) electrons. The standard InChI is InChI=1S/C24H16F3NO4/c25-24(26,27)16-7-4-8-17(13-16)28-20(14-9-11-18(29)12-10-14)19(22(31)23(28)32)21(30)15-5-2-1-3-6-15/h1-13,20,29-30H/b21-19+. The number of aliphatic hydroxyl groups is 1. The summed E-state index contributed by atoms with van der Waals surface area (Å²) in [7, 11) is 0. The van der Waals surface area contributed by atoms with E-state index in [-0.39, 0.29) is 22.6 Å². The van der Waals surface area contributed by atoms with Crippen LogP contribution in [0.5, 0.6) is 5.75 Å². The molecule has 1 amide bonds. The molecule has 1 fully saturated rings. The lowest BCUT2D eigenvalue weighted by atomic mass is 9.95. The van der Waals surface area contributed by atoms with Crippen molar-refractivity contribution >= 4 is 23.1 Å². The van der Waals surface area contributed by atoms with Gasteiger partial charge in [-0.3, -0.25) is 14.5 Å². The Morgan fingerprint density at radius 1 is 0.875 bits per heavy atom. The summed E-state index contributed by atoms with van der Waals surface area (Å²) in [4.78, 5) is 26.8. The van der Waals surface area contributed by atoms with Crippen molar-refractivity contribution in [2.75, 3.05) is 4.90 Å². The van der Waals surface area contributed by atoms with Gasteiger partial charge in [-0.1, -0.05) is 48.5 Å². The topological polar surface area (TPSA) is 77.8 Å². The van der Waals surface area contributed by atoms with Crippen molar-refractivity contribution in [1.82, 2.24) is 0 Å². The average Bonchev–Trinajstić information content (AvgIpc) is 3.04. The molecule has 1 heterocycles. The van der Waals surface area contributed by atoms with Crippen molar-refractivity contribution < 1.29 is 33.0 Å². The van der Waals surface area contributed by atoms with E-state index in [0.29, 0.717) is 5.56 Å². The number of rotatable bonds is 3. The van der Waals surface area contributed by atoms with Gasteiger partial charge in [0.05, 0.1) is 17.2 Å². The number of anilines is 1. The molecule has 0 spiro atoms. The third kappa shape index (κ3) is 3.71. The molecule has 3 aromatic carbocycles. The fourth-order valence-corrected chi connectivity index (χ4v) is 3.65. The second kappa shape index (κ2) is 7.88. The van der Waals surface area contributed by atoms with Crippen LogP contribution in [0.1, 0.15) is 22.7 Å².